The van der Waals surface area contributed by atoms with Crippen molar-refractivity contribution >= 4 is 18.5 Å². The number of hydrogen-bond acceptors (Lipinski definition) is 3. The lowest BCUT2D eigenvalue weighted by Crippen LogP contribution is -2.21. The second kappa shape index (κ2) is 6.68. The molecule has 0 N–H and O–H groups in total. The fourth-order valence-corrected chi connectivity index (χ4v) is 5.06. The molecule has 2 aliphatic carbocycles. The van der Waals surface area contributed by atoms with E-state index in [4.69, 9.17) is 4.74 Å². The highest BCUT2D eigenvalue weighted by molar-refractivity contribution is 5.99. The number of benzene rings is 1. The predicted octanol–water partition coefficient (Wildman–Crippen LogP) is 5.16. The van der Waals surface area contributed by atoms with Crippen LogP contribution in [0.2, 0.25) is 0 Å². The highest BCUT2D eigenvalue weighted by Gasteiger charge is 2.51. The molecule has 0 radical (unpaired) electrons. The van der Waals surface area contributed by atoms with Crippen molar-refractivity contribution in [1.82, 2.24) is 0 Å². The van der Waals surface area contributed by atoms with Gasteiger partial charge in [-0.05, 0) is 72.9 Å². The number of amidine groups is 1. The van der Waals surface area contributed by atoms with Crippen LogP contribution in [0.5, 0.6) is 0 Å². The molecule has 0 aliphatic heterocycles. The minimum Gasteiger partial charge on any atom is -0.466 e. The zero-order valence-corrected chi connectivity index (χ0v) is 18.3. The van der Waals surface area contributed by atoms with Crippen molar-refractivity contribution in [3.8, 4) is 0 Å². The Morgan fingerprint density at radius 1 is 1.11 bits per heavy atom. The molecule has 1 saturated carbocycles. The molecule has 4 nitrogen and oxygen atoms in total. The Morgan fingerprint density at radius 3 is 2.18 bits per heavy atom. The van der Waals surface area contributed by atoms with Crippen LogP contribution in [0.1, 0.15) is 76.1 Å². The van der Waals surface area contributed by atoms with E-state index in [1.54, 1.807) is 13.1 Å². The summed E-state index contributed by atoms with van der Waals surface area (Å²) in [6, 6.07) is 4.76. The second-order valence-corrected chi connectivity index (χ2v) is 9.65. The fraction of sp³-hybridized carbons (Fsp3) is 0.542. The summed E-state index contributed by atoms with van der Waals surface area (Å²) in [5.41, 5.74) is 6.07. The molecule has 28 heavy (non-hydrogen) atoms. The van der Waals surface area contributed by atoms with Crippen LogP contribution in [-0.4, -0.2) is 25.6 Å². The summed E-state index contributed by atoms with van der Waals surface area (Å²) < 4.78 is 4.75. The van der Waals surface area contributed by atoms with Gasteiger partial charge in [0.1, 0.15) is 5.84 Å². The first-order valence-electron chi connectivity index (χ1n) is 9.95. The third kappa shape index (κ3) is 3.23. The second-order valence-electron chi connectivity index (χ2n) is 9.65. The highest BCUT2D eigenvalue weighted by Crippen LogP contribution is 2.55. The first-order valence-corrected chi connectivity index (χ1v) is 9.95. The maximum absolute atomic E-state index is 11.7. The number of ether oxygens (including phenoxy) is 1. The summed E-state index contributed by atoms with van der Waals surface area (Å²) in [6.07, 6.45) is 4.69. The van der Waals surface area contributed by atoms with E-state index in [9.17, 15) is 4.79 Å². The van der Waals surface area contributed by atoms with Gasteiger partial charge in [-0.25, -0.2) is 14.8 Å². The lowest BCUT2D eigenvalue weighted by atomic mass is 9.81. The van der Waals surface area contributed by atoms with Gasteiger partial charge in [0, 0.05) is 6.20 Å². The fourth-order valence-electron chi connectivity index (χ4n) is 5.06. The molecule has 0 amide bonds. The van der Waals surface area contributed by atoms with Gasteiger partial charge >= 0.3 is 5.97 Å². The van der Waals surface area contributed by atoms with Crippen LogP contribution in [0.3, 0.4) is 0 Å². The summed E-state index contributed by atoms with van der Waals surface area (Å²) in [5, 5.41) is 0. The molecule has 0 bridgehead atoms. The number of fused-ring (bicyclic) bond motifs is 1. The van der Waals surface area contributed by atoms with Crippen molar-refractivity contribution in [2.24, 2.45) is 9.98 Å². The minimum atomic E-state index is -0.380. The largest absolute Gasteiger partial charge is 0.466 e. The van der Waals surface area contributed by atoms with E-state index in [0.29, 0.717) is 11.4 Å². The van der Waals surface area contributed by atoms with Crippen LogP contribution in [-0.2, 0) is 25.8 Å². The monoisotopic (exact) mass is 380 g/mol. The third-order valence-electron chi connectivity index (χ3n) is 6.44. The minimum absolute atomic E-state index is 0.150. The molecule has 0 saturated heterocycles. The first-order chi connectivity index (χ1) is 13.0. The number of hydrogen-bond donors (Lipinski definition) is 0. The number of carbonyl (C=O) groups is 1. The zero-order valence-electron chi connectivity index (χ0n) is 18.3. The van der Waals surface area contributed by atoms with Crippen molar-refractivity contribution in [1.29, 1.82) is 0 Å². The Hall–Kier alpha value is -2.23. The van der Waals surface area contributed by atoms with Crippen molar-refractivity contribution < 1.29 is 9.53 Å². The van der Waals surface area contributed by atoms with E-state index in [2.05, 4.69) is 63.5 Å². The number of esters is 1. The molecule has 0 atom stereocenters. The molecule has 1 aromatic rings. The number of rotatable bonds is 4. The number of aryl methyl sites for hydroxylation is 1. The number of nitrogens with zero attached hydrogens (tertiary/aromatic N) is 2. The van der Waals surface area contributed by atoms with Gasteiger partial charge in [-0.3, -0.25) is 0 Å². The van der Waals surface area contributed by atoms with Gasteiger partial charge in [-0.15, -0.1) is 0 Å². The van der Waals surface area contributed by atoms with E-state index in [1.165, 1.54) is 29.4 Å². The Kier molecular flexibility index (Phi) is 4.89. The molecule has 1 fully saturated rings. The van der Waals surface area contributed by atoms with E-state index >= 15 is 0 Å². The van der Waals surface area contributed by atoms with E-state index in [-0.39, 0.29) is 22.2 Å². The van der Waals surface area contributed by atoms with Gasteiger partial charge in [-0.1, -0.05) is 39.8 Å². The lowest BCUT2D eigenvalue weighted by Gasteiger charge is -2.24. The predicted molar refractivity (Wildman–Crippen MR) is 116 cm³/mol. The number of methoxy groups -OCH3 is 1. The Bertz CT molecular complexity index is 899. The molecule has 150 valence electrons. The van der Waals surface area contributed by atoms with Crippen LogP contribution in [0.25, 0.3) is 0 Å². The molecule has 0 aromatic heterocycles. The number of aliphatic imine (C=N–C) groups is 2. The average Bonchev–Trinajstić information content (AvgIpc) is 3.38. The highest BCUT2D eigenvalue weighted by atomic mass is 16.5. The van der Waals surface area contributed by atoms with E-state index in [1.807, 2.05) is 0 Å². The van der Waals surface area contributed by atoms with Crippen molar-refractivity contribution in [2.75, 3.05) is 7.11 Å². The van der Waals surface area contributed by atoms with Crippen molar-refractivity contribution in [3.63, 3.8) is 0 Å². The van der Waals surface area contributed by atoms with Crippen LogP contribution in [0.4, 0.5) is 0 Å². The van der Waals surface area contributed by atoms with Gasteiger partial charge in [0.05, 0.1) is 18.1 Å². The zero-order chi connectivity index (χ0) is 20.9. The maximum atomic E-state index is 11.7. The quantitative estimate of drug-likeness (QED) is 0.313. The molecule has 2 aliphatic rings. The van der Waals surface area contributed by atoms with Crippen molar-refractivity contribution in [3.05, 3.63) is 46.2 Å². The number of carbonyl (C=O) groups excluding carboxylic acids is 1. The Morgan fingerprint density at radius 2 is 1.68 bits per heavy atom. The average molecular weight is 381 g/mol. The first kappa shape index (κ1) is 20.5. The summed E-state index contributed by atoms with van der Waals surface area (Å²) in [7, 11) is 1.37. The molecule has 4 heteroatoms. The van der Waals surface area contributed by atoms with E-state index in [0.717, 1.165) is 19.3 Å². The lowest BCUT2D eigenvalue weighted by molar-refractivity contribution is -0.136. The maximum Gasteiger partial charge on any atom is 0.334 e. The normalized spacial score (nSPS) is 21.8. The summed E-state index contributed by atoms with van der Waals surface area (Å²) >= 11 is 0. The topological polar surface area (TPSA) is 51.0 Å². The molecule has 0 unspecified atom stereocenters. The van der Waals surface area contributed by atoms with Crippen molar-refractivity contribution in [2.45, 2.75) is 77.0 Å². The van der Waals surface area contributed by atoms with Crippen LogP contribution in [0, 0.1) is 6.92 Å². The van der Waals surface area contributed by atoms with Crippen LogP contribution < -0.4 is 0 Å². The SMILES string of the molecule is C=N/C(=N\C=C(/C)C(=O)OC)C1(c2cc3c(cc2C)C(C)(C)CC3(C)C)CC1. The van der Waals surface area contributed by atoms with E-state index < -0.39 is 0 Å². The third-order valence-corrected chi connectivity index (χ3v) is 6.44. The van der Waals surface area contributed by atoms with Gasteiger partial charge in [0.25, 0.3) is 0 Å². The van der Waals surface area contributed by atoms with Crippen LogP contribution >= 0.6 is 0 Å². The van der Waals surface area contributed by atoms with Gasteiger partial charge in [0.2, 0.25) is 0 Å². The summed E-state index contributed by atoms with van der Waals surface area (Å²) in [5.74, 6) is 0.309. The van der Waals surface area contributed by atoms with Gasteiger partial charge < -0.3 is 4.74 Å². The smallest absolute Gasteiger partial charge is 0.334 e. The Labute approximate surface area is 168 Å². The van der Waals surface area contributed by atoms with Gasteiger partial charge in [-0.2, -0.15) is 0 Å². The summed E-state index contributed by atoms with van der Waals surface area (Å²) in [6.45, 7) is 17.0. The van der Waals surface area contributed by atoms with Crippen LogP contribution in [0.15, 0.2) is 33.9 Å². The summed E-state index contributed by atoms with van der Waals surface area (Å²) in [4.78, 5) is 20.5. The molecular weight excluding hydrogens is 348 g/mol. The molecule has 0 spiro atoms. The van der Waals surface area contributed by atoms with Gasteiger partial charge in [0.15, 0.2) is 0 Å². The standard InChI is InChI=1S/C24H32N2O2/c1-15-11-18-19(23(5,6)14-22(18,3)4)12-17(15)24(9-10-24)21(25-7)26-13-16(2)20(27)28-8/h11-13H,7,9-10,14H2,1-6,8H3/b16-13+,26-21-. The molecule has 1 aromatic carbocycles. The Balaban J connectivity index is 2.09. The molecule has 3 rings (SSSR count). The molecule has 0 heterocycles. The molecular formula is C24H32N2O2.